The van der Waals surface area contributed by atoms with Gasteiger partial charge in [0.15, 0.2) is 0 Å². The summed E-state index contributed by atoms with van der Waals surface area (Å²) >= 11 is 0. The van der Waals surface area contributed by atoms with Crippen molar-refractivity contribution in [3.8, 4) is 6.07 Å². The SMILES string of the molecule is CC(C)NC[C@@H](O)COC(=O)c1ccc(C#N)cc1. The molecule has 0 heterocycles. The van der Waals surface area contributed by atoms with Crippen LogP contribution in [0.5, 0.6) is 0 Å². The molecule has 0 saturated carbocycles. The number of rotatable bonds is 6. The minimum atomic E-state index is -0.732. The summed E-state index contributed by atoms with van der Waals surface area (Å²) < 4.78 is 4.98. The van der Waals surface area contributed by atoms with Crippen LogP contribution in [0.15, 0.2) is 24.3 Å². The van der Waals surface area contributed by atoms with Gasteiger partial charge in [-0.2, -0.15) is 5.26 Å². The van der Waals surface area contributed by atoms with E-state index in [-0.39, 0.29) is 12.6 Å². The summed E-state index contributed by atoms with van der Waals surface area (Å²) in [6.07, 6.45) is -0.732. The Kier molecular flexibility index (Phi) is 6.00. The summed E-state index contributed by atoms with van der Waals surface area (Å²) in [7, 11) is 0. The molecule has 5 nitrogen and oxygen atoms in total. The molecule has 0 unspecified atom stereocenters. The number of hydrogen-bond acceptors (Lipinski definition) is 5. The molecule has 0 fully saturated rings. The first-order chi connectivity index (χ1) is 9.02. The third-order valence-corrected chi connectivity index (χ3v) is 2.42. The van der Waals surface area contributed by atoms with Crippen LogP contribution in [0.3, 0.4) is 0 Å². The van der Waals surface area contributed by atoms with Crippen molar-refractivity contribution in [3.63, 3.8) is 0 Å². The number of nitrogens with one attached hydrogen (secondary N) is 1. The summed E-state index contributed by atoms with van der Waals surface area (Å²) in [5.41, 5.74) is 0.848. The first-order valence-corrected chi connectivity index (χ1v) is 6.11. The second-order valence-corrected chi connectivity index (χ2v) is 4.50. The van der Waals surface area contributed by atoms with Gasteiger partial charge in [-0.05, 0) is 24.3 Å². The highest BCUT2D eigenvalue weighted by Crippen LogP contribution is 2.05. The zero-order valence-electron chi connectivity index (χ0n) is 11.1. The van der Waals surface area contributed by atoms with E-state index in [1.807, 2.05) is 19.9 Å². The highest BCUT2D eigenvalue weighted by Gasteiger charge is 2.11. The van der Waals surface area contributed by atoms with Crippen molar-refractivity contribution < 1.29 is 14.6 Å². The van der Waals surface area contributed by atoms with Crippen LogP contribution in [-0.4, -0.2) is 36.4 Å². The van der Waals surface area contributed by atoms with Crippen LogP contribution in [0.2, 0.25) is 0 Å². The standard InChI is InChI=1S/C14H18N2O3/c1-10(2)16-8-13(17)9-19-14(18)12-5-3-11(7-15)4-6-12/h3-6,10,13,16-17H,8-9H2,1-2H3/t13-/m1/s1. The van der Waals surface area contributed by atoms with Crippen LogP contribution in [0.4, 0.5) is 0 Å². The predicted molar refractivity (Wildman–Crippen MR) is 70.6 cm³/mol. The van der Waals surface area contributed by atoms with Crippen molar-refractivity contribution in [2.24, 2.45) is 0 Å². The summed E-state index contributed by atoms with van der Waals surface area (Å²) in [6.45, 7) is 4.25. The van der Waals surface area contributed by atoms with Gasteiger partial charge in [0.05, 0.1) is 17.2 Å². The van der Waals surface area contributed by atoms with Crippen LogP contribution in [0.25, 0.3) is 0 Å². The number of ether oxygens (including phenoxy) is 1. The van der Waals surface area contributed by atoms with Crippen molar-refractivity contribution in [1.29, 1.82) is 5.26 Å². The Bertz CT molecular complexity index is 449. The molecular weight excluding hydrogens is 244 g/mol. The molecule has 102 valence electrons. The number of nitrogens with zero attached hydrogens (tertiary/aromatic N) is 1. The van der Waals surface area contributed by atoms with Gasteiger partial charge >= 0.3 is 5.97 Å². The van der Waals surface area contributed by atoms with Gasteiger partial charge in [0.2, 0.25) is 0 Å². The summed E-state index contributed by atoms with van der Waals surface area (Å²) in [5.74, 6) is -0.506. The predicted octanol–water partition coefficient (Wildman–Crippen LogP) is 1.07. The number of carbonyl (C=O) groups is 1. The summed E-state index contributed by atoms with van der Waals surface area (Å²) in [5, 5.41) is 21.3. The van der Waals surface area contributed by atoms with E-state index >= 15 is 0 Å². The Hall–Kier alpha value is -1.90. The van der Waals surface area contributed by atoms with Crippen molar-refractivity contribution in [1.82, 2.24) is 5.32 Å². The highest BCUT2D eigenvalue weighted by molar-refractivity contribution is 5.89. The monoisotopic (exact) mass is 262 g/mol. The number of esters is 1. The lowest BCUT2D eigenvalue weighted by atomic mass is 10.1. The van der Waals surface area contributed by atoms with Crippen LogP contribution < -0.4 is 5.32 Å². The fourth-order valence-corrected chi connectivity index (χ4v) is 1.37. The summed E-state index contributed by atoms with van der Waals surface area (Å²) in [6, 6.07) is 8.39. The van der Waals surface area contributed by atoms with Crippen LogP contribution in [0, 0.1) is 11.3 Å². The number of aliphatic hydroxyl groups is 1. The molecule has 0 aliphatic heterocycles. The smallest absolute Gasteiger partial charge is 0.338 e. The van der Waals surface area contributed by atoms with E-state index in [2.05, 4.69) is 5.32 Å². The Morgan fingerprint density at radius 2 is 2.05 bits per heavy atom. The van der Waals surface area contributed by atoms with Crippen LogP contribution >= 0.6 is 0 Å². The van der Waals surface area contributed by atoms with E-state index in [4.69, 9.17) is 10.00 Å². The average Bonchev–Trinajstić information content (AvgIpc) is 2.42. The average molecular weight is 262 g/mol. The third kappa shape index (κ3) is 5.51. The Balaban J connectivity index is 2.40. The van der Waals surface area contributed by atoms with Crippen LogP contribution in [-0.2, 0) is 4.74 Å². The maximum absolute atomic E-state index is 11.7. The second-order valence-electron chi connectivity index (χ2n) is 4.50. The van der Waals surface area contributed by atoms with E-state index < -0.39 is 12.1 Å². The van der Waals surface area contributed by atoms with Crippen molar-refractivity contribution in [2.45, 2.75) is 26.0 Å². The molecule has 19 heavy (non-hydrogen) atoms. The van der Waals surface area contributed by atoms with Gasteiger partial charge in [-0.25, -0.2) is 4.79 Å². The van der Waals surface area contributed by atoms with Gasteiger partial charge in [-0.3, -0.25) is 0 Å². The minimum absolute atomic E-state index is 0.0570. The number of benzene rings is 1. The van der Waals surface area contributed by atoms with E-state index in [9.17, 15) is 9.90 Å². The van der Waals surface area contributed by atoms with Gasteiger partial charge in [0.1, 0.15) is 12.7 Å². The maximum Gasteiger partial charge on any atom is 0.338 e. The number of carbonyl (C=O) groups excluding carboxylic acids is 1. The minimum Gasteiger partial charge on any atom is -0.459 e. The van der Waals surface area contributed by atoms with Gasteiger partial charge < -0.3 is 15.2 Å². The molecule has 0 aliphatic carbocycles. The van der Waals surface area contributed by atoms with Crippen LogP contribution in [0.1, 0.15) is 29.8 Å². The van der Waals surface area contributed by atoms with E-state index in [0.29, 0.717) is 17.7 Å². The van der Waals surface area contributed by atoms with Crippen molar-refractivity contribution in [2.75, 3.05) is 13.2 Å². The third-order valence-electron chi connectivity index (χ3n) is 2.42. The molecule has 1 aromatic carbocycles. The normalized spacial score (nSPS) is 11.9. The molecule has 5 heteroatoms. The Morgan fingerprint density at radius 3 is 2.58 bits per heavy atom. The molecule has 2 N–H and O–H groups in total. The Labute approximate surface area is 112 Å². The lowest BCUT2D eigenvalue weighted by Crippen LogP contribution is -2.35. The molecule has 0 aliphatic rings. The van der Waals surface area contributed by atoms with E-state index in [1.165, 1.54) is 12.1 Å². The molecule has 0 bridgehead atoms. The Morgan fingerprint density at radius 1 is 1.42 bits per heavy atom. The lowest BCUT2D eigenvalue weighted by molar-refractivity contribution is 0.0256. The first-order valence-electron chi connectivity index (χ1n) is 6.11. The summed E-state index contributed by atoms with van der Waals surface area (Å²) in [4.78, 5) is 11.7. The highest BCUT2D eigenvalue weighted by atomic mass is 16.5. The first kappa shape index (κ1) is 15.2. The van der Waals surface area contributed by atoms with E-state index in [1.54, 1.807) is 12.1 Å². The molecule has 0 spiro atoms. The lowest BCUT2D eigenvalue weighted by Gasteiger charge is -2.14. The molecule has 0 saturated heterocycles. The second kappa shape index (κ2) is 7.52. The molecule has 0 radical (unpaired) electrons. The number of hydrogen-bond donors (Lipinski definition) is 2. The molecular formula is C14H18N2O3. The van der Waals surface area contributed by atoms with Crippen molar-refractivity contribution >= 4 is 5.97 Å². The van der Waals surface area contributed by atoms with Gasteiger partial charge in [0, 0.05) is 12.6 Å². The quantitative estimate of drug-likeness (QED) is 0.749. The molecule has 1 atom stereocenters. The van der Waals surface area contributed by atoms with E-state index in [0.717, 1.165) is 0 Å². The van der Waals surface area contributed by atoms with Gasteiger partial charge in [0.25, 0.3) is 0 Å². The largest absolute Gasteiger partial charge is 0.459 e. The van der Waals surface area contributed by atoms with Gasteiger partial charge in [-0.1, -0.05) is 13.8 Å². The molecule has 0 amide bonds. The number of nitriles is 1. The fourth-order valence-electron chi connectivity index (χ4n) is 1.37. The maximum atomic E-state index is 11.7. The topological polar surface area (TPSA) is 82.3 Å². The molecule has 0 aromatic heterocycles. The van der Waals surface area contributed by atoms with Crippen molar-refractivity contribution in [3.05, 3.63) is 35.4 Å². The zero-order valence-corrected chi connectivity index (χ0v) is 11.1. The fraction of sp³-hybridized carbons (Fsp3) is 0.429. The number of aliphatic hydroxyl groups excluding tert-OH is 1. The zero-order chi connectivity index (χ0) is 14.3. The molecule has 1 rings (SSSR count). The van der Waals surface area contributed by atoms with Gasteiger partial charge in [-0.15, -0.1) is 0 Å². The molecule has 1 aromatic rings.